The van der Waals surface area contributed by atoms with Crippen molar-refractivity contribution in [3.05, 3.63) is 33.2 Å². The third kappa shape index (κ3) is 2.97. The van der Waals surface area contributed by atoms with E-state index in [1.807, 2.05) is 6.92 Å². The summed E-state index contributed by atoms with van der Waals surface area (Å²) in [6.45, 7) is 6.16. The monoisotopic (exact) mass is 247 g/mol. The molecule has 0 amide bonds. The summed E-state index contributed by atoms with van der Waals surface area (Å²) in [5.41, 5.74) is 0.150. The molecule has 0 aromatic carbocycles. The summed E-state index contributed by atoms with van der Waals surface area (Å²) >= 11 is 11.4. The summed E-state index contributed by atoms with van der Waals surface area (Å²) in [4.78, 5) is 11.5. The molecule has 15 heavy (non-hydrogen) atoms. The number of rotatable bonds is 4. The highest BCUT2D eigenvalue weighted by Gasteiger charge is 2.07. The first-order valence-electron chi connectivity index (χ1n) is 4.39. The Morgan fingerprint density at radius 2 is 2.40 bits per heavy atom. The molecule has 82 valence electrons. The molecule has 0 unspecified atom stereocenters. The summed E-state index contributed by atoms with van der Waals surface area (Å²) in [6, 6.07) is 0. The van der Waals surface area contributed by atoms with Gasteiger partial charge in [-0.25, -0.2) is 4.68 Å². The van der Waals surface area contributed by atoms with E-state index in [0.29, 0.717) is 23.8 Å². The van der Waals surface area contributed by atoms with Crippen LogP contribution in [0.3, 0.4) is 0 Å². The summed E-state index contributed by atoms with van der Waals surface area (Å²) in [6.07, 6.45) is 1.49. The van der Waals surface area contributed by atoms with Gasteiger partial charge in [0.1, 0.15) is 5.02 Å². The van der Waals surface area contributed by atoms with Gasteiger partial charge < -0.3 is 5.32 Å². The van der Waals surface area contributed by atoms with Gasteiger partial charge in [0.15, 0.2) is 0 Å². The van der Waals surface area contributed by atoms with Crippen LogP contribution >= 0.6 is 23.2 Å². The van der Waals surface area contributed by atoms with E-state index in [2.05, 4.69) is 17.0 Å². The maximum Gasteiger partial charge on any atom is 0.287 e. The molecule has 0 aliphatic carbocycles. The smallest absolute Gasteiger partial charge is 0.287 e. The minimum atomic E-state index is -0.315. The van der Waals surface area contributed by atoms with Gasteiger partial charge in [-0.15, -0.1) is 0 Å². The Morgan fingerprint density at radius 1 is 1.73 bits per heavy atom. The van der Waals surface area contributed by atoms with E-state index in [0.717, 1.165) is 0 Å². The summed E-state index contributed by atoms with van der Waals surface area (Å²) in [5.74, 6) is 0. The van der Waals surface area contributed by atoms with Crippen molar-refractivity contribution in [2.45, 2.75) is 13.5 Å². The highest BCUT2D eigenvalue weighted by molar-refractivity contribution is 6.33. The standard InChI is InChI=1S/C9H11Cl2N3O/c1-3-14-9(15)8(11)7(5-13-14)12-4-6(2)10/h5,12H,2-4H2,1H3. The van der Waals surface area contributed by atoms with Crippen molar-refractivity contribution in [3.63, 3.8) is 0 Å². The maximum absolute atomic E-state index is 11.5. The number of anilines is 1. The molecule has 0 saturated carbocycles. The maximum atomic E-state index is 11.5. The lowest BCUT2D eigenvalue weighted by Crippen LogP contribution is -2.23. The first-order chi connectivity index (χ1) is 7.06. The first kappa shape index (κ1) is 12.1. The largest absolute Gasteiger partial charge is 0.377 e. The van der Waals surface area contributed by atoms with E-state index >= 15 is 0 Å². The van der Waals surface area contributed by atoms with Crippen molar-refractivity contribution in [3.8, 4) is 0 Å². The molecule has 0 bridgehead atoms. The molecule has 0 atom stereocenters. The fraction of sp³-hybridized carbons (Fsp3) is 0.333. The Kier molecular flexibility index (Phi) is 4.17. The molecule has 0 aliphatic rings. The van der Waals surface area contributed by atoms with Crippen molar-refractivity contribution in [1.82, 2.24) is 9.78 Å². The quantitative estimate of drug-likeness (QED) is 0.887. The molecule has 1 N–H and O–H groups in total. The predicted octanol–water partition coefficient (Wildman–Crippen LogP) is 2.08. The number of aryl methyl sites for hydroxylation is 1. The fourth-order valence-electron chi connectivity index (χ4n) is 1.00. The number of aromatic nitrogens is 2. The molecular weight excluding hydrogens is 237 g/mol. The van der Waals surface area contributed by atoms with Gasteiger partial charge in [-0.05, 0) is 6.92 Å². The van der Waals surface area contributed by atoms with Gasteiger partial charge in [0, 0.05) is 11.6 Å². The molecule has 1 aromatic rings. The zero-order valence-electron chi connectivity index (χ0n) is 8.26. The third-order valence-electron chi connectivity index (χ3n) is 1.76. The number of nitrogens with one attached hydrogen (secondary N) is 1. The molecule has 4 nitrogen and oxygen atoms in total. The Morgan fingerprint density at radius 3 is 2.93 bits per heavy atom. The van der Waals surface area contributed by atoms with Crippen LogP contribution in [0.4, 0.5) is 5.69 Å². The highest BCUT2D eigenvalue weighted by atomic mass is 35.5. The van der Waals surface area contributed by atoms with Crippen LogP contribution in [0.1, 0.15) is 6.92 Å². The van der Waals surface area contributed by atoms with E-state index in [1.165, 1.54) is 10.9 Å². The molecular formula is C9H11Cl2N3O. The zero-order valence-corrected chi connectivity index (χ0v) is 9.77. The van der Waals surface area contributed by atoms with Crippen LogP contribution in [0.15, 0.2) is 22.6 Å². The second-order valence-electron chi connectivity index (χ2n) is 2.86. The lowest BCUT2D eigenvalue weighted by atomic mass is 10.4. The Bertz CT molecular complexity index is 428. The average Bonchev–Trinajstić information content (AvgIpc) is 2.20. The van der Waals surface area contributed by atoms with E-state index < -0.39 is 0 Å². The number of halogens is 2. The highest BCUT2D eigenvalue weighted by Crippen LogP contribution is 2.15. The van der Waals surface area contributed by atoms with E-state index in [-0.39, 0.29) is 10.6 Å². The lowest BCUT2D eigenvalue weighted by molar-refractivity contribution is 0.616. The van der Waals surface area contributed by atoms with Gasteiger partial charge in [0.2, 0.25) is 0 Å². The molecule has 0 saturated heterocycles. The number of hydrogen-bond acceptors (Lipinski definition) is 3. The Labute approximate surface area is 97.5 Å². The molecule has 0 aliphatic heterocycles. The van der Waals surface area contributed by atoms with Crippen LogP contribution < -0.4 is 10.9 Å². The third-order valence-corrected chi connectivity index (χ3v) is 2.25. The van der Waals surface area contributed by atoms with Crippen molar-refractivity contribution < 1.29 is 0 Å². The molecule has 1 aromatic heterocycles. The van der Waals surface area contributed by atoms with E-state index in [1.54, 1.807) is 0 Å². The Hall–Kier alpha value is -1.00. The zero-order chi connectivity index (χ0) is 11.4. The molecule has 1 heterocycles. The van der Waals surface area contributed by atoms with E-state index in [9.17, 15) is 4.79 Å². The van der Waals surface area contributed by atoms with Crippen LogP contribution in [0.25, 0.3) is 0 Å². The SMILES string of the molecule is C=C(Cl)CNc1cnn(CC)c(=O)c1Cl. The van der Waals surface area contributed by atoms with Crippen LogP contribution in [-0.4, -0.2) is 16.3 Å². The van der Waals surface area contributed by atoms with Gasteiger partial charge in [0.05, 0.1) is 18.4 Å². The van der Waals surface area contributed by atoms with Gasteiger partial charge in [0.25, 0.3) is 5.56 Å². The van der Waals surface area contributed by atoms with Crippen LogP contribution in [0, 0.1) is 0 Å². The second kappa shape index (κ2) is 5.19. The topological polar surface area (TPSA) is 46.9 Å². The average molecular weight is 248 g/mol. The van der Waals surface area contributed by atoms with Gasteiger partial charge in [-0.3, -0.25) is 4.79 Å². The second-order valence-corrected chi connectivity index (χ2v) is 3.78. The van der Waals surface area contributed by atoms with E-state index in [4.69, 9.17) is 23.2 Å². The molecule has 0 fully saturated rings. The lowest BCUT2D eigenvalue weighted by Gasteiger charge is -2.08. The van der Waals surface area contributed by atoms with Crippen molar-refractivity contribution >= 4 is 28.9 Å². The van der Waals surface area contributed by atoms with Crippen molar-refractivity contribution in [2.75, 3.05) is 11.9 Å². The summed E-state index contributed by atoms with van der Waals surface area (Å²) < 4.78 is 1.28. The first-order valence-corrected chi connectivity index (χ1v) is 5.14. The minimum Gasteiger partial charge on any atom is -0.377 e. The van der Waals surface area contributed by atoms with Gasteiger partial charge in [-0.2, -0.15) is 5.10 Å². The minimum absolute atomic E-state index is 0.116. The number of hydrogen-bond donors (Lipinski definition) is 1. The molecule has 0 radical (unpaired) electrons. The molecule has 0 spiro atoms. The van der Waals surface area contributed by atoms with Gasteiger partial charge >= 0.3 is 0 Å². The van der Waals surface area contributed by atoms with Gasteiger partial charge in [-0.1, -0.05) is 29.8 Å². The van der Waals surface area contributed by atoms with Crippen molar-refractivity contribution in [1.29, 1.82) is 0 Å². The molecule has 1 rings (SSSR count). The number of nitrogens with zero attached hydrogens (tertiary/aromatic N) is 2. The normalized spacial score (nSPS) is 10.1. The molecule has 6 heteroatoms. The summed E-state index contributed by atoms with van der Waals surface area (Å²) in [7, 11) is 0. The van der Waals surface area contributed by atoms with Crippen LogP contribution in [0.5, 0.6) is 0 Å². The van der Waals surface area contributed by atoms with Crippen LogP contribution in [0.2, 0.25) is 5.02 Å². The summed E-state index contributed by atoms with van der Waals surface area (Å²) in [5, 5.41) is 7.34. The van der Waals surface area contributed by atoms with Crippen molar-refractivity contribution in [2.24, 2.45) is 0 Å². The van der Waals surface area contributed by atoms with Crippen LogP contribution in [-0.2, 0) is 6.54 Å². The Balaban J connectivity index is 2.97. The predicted molar refractivity (Wildman–Crippen MR) is 62.7 cm³/mol. The fourth-order valence-corrected chi connectivity index (χ4v) is 1.28.